The lowest BCUT2D eigenvalue weighted by molar-refractivity contribution is -0.126. The van der Waals surface area contributed by atoms with Crippen molar-refractivity contribution in [3.8, 4) is 11.5 Å². The number of fused-ring (bicyclic) bond motifs is 1. The normalized spacial score (nSPS) is 12.9. The van der Waals surface area contributed by atoms with Crippen molar-refractivity contribution in [2.24, 2.45) is 5.92 Å². The monoisotopic (exact) mass is 306 g/mol. The van der Waals surface area contributed by atoms with Gasteiger partial charge in [0.15, 0.2) is 11.5 Å². The maximum atomic E-state index is 11.8. The highest BCUT2D eigenvalue weighted by atomic mass is 16.6. The molecule has 120 valence electrons. The van der Waals surface area contributed by atoms with Gasteiger partial charge in [-0.15, -0.1) is 0 Å². The highest BCUT2D eigenvalue weighted by Gasteiger charge is 2.14. The Hall–Kier alpha value is -2.24. The number of hydrogen-bond acceptors (Lipinski definition) is 4. The fourth-order valence-electron chi connectivity index (χ4n) is 2.03. The van der Waals surface area contributed by atoms with Crippen LogP contribution in [0.25, 0.3) is 0 Å². The largest absolute Gasteiger partial charge is 0.486 e. The summed E-state index contributed by atoms with van der Waals surface area (Å²) < 4.78 is 10.9. The number of benzene rings is 1. The molecule has 1 aromatic rings. The smallest absolute Gasteiger partial charge is 0.233 e. The summed E-state index contributed by atoms with van der Waals surface area (Å²) in [4.78, 5) is 23.5. The van der Waals surface area contributed by atoms with Gasteiger partial charge < -0.3 is 20.1 Å². The topological polar surface area (TPSA) is 76.7 Å². The SMILES string of the molecule is CC(C)CCNC(=O)CC(=O)Nc1ccc2c(c1)OCCO2. The standard InChI is InChI=1S/C16H22N2O4/c1-11(2)5-6-17-15(19)10-16(20)18-12-3-4-13-14(9-12)22-8-7-21-13/h3-4,9,11H,5-8,10H2,1-2H3,(H,17,19)(H,18,20). The predicted molar refractivity (Wildman–Crippen MR) is 83.1 cm³/mol. The molecule has 2 rings (SSSR count). The van der Waals surface area contributed by atoms with Crippen LogP contribution in [0.2, 0.25) is 0 Å². The highest BCUT2D eigenvalue weighted by Crippen LogP contribution is 2.32. The third kappa shape index (κ3) is 4.95. The molecule has 0 unspecified atom stereocenters. The van der Waals surface area contributed by atoms with E-state index in [0.717, 1.165) is 6.42 Å². The molecule has 0 atom stereocenters. The van der Waals surface area contributed by atoms with Gasteiger partial charge in [-0.3, -0.25) is 9.59 Å². The van der Waals surface area contributed by atoms with E-state index < -0.39 is 0 Å². The van der Waals surface area contributed by atoms with E-state index in [1.165, 1.54) is 0 Å². The van der Waals surface area contributed by atoms with Gasteiger partial charge in [-0.05, 0) is 24.5 Å². The third-order valence-corrected chi connectivity index (χ3v) is 3.19. The maximum absolute atomic E-state index is 11.8. The highest BCUT2D eigenvalue weighted by molar-refractivity contribution is 6.03. The first-order valence-corrected chi connectivity index (χ1v) is 7.51. The van der Waals surface area contributed by atoms with Gasteiger partial charge in [-0.2, -0.15) is 0 Å². The van der Waals surface area contributed by atoms with Crippen molar-refractivity contribution in [1.29, 1.82) is 0 Å². The predicted octanol–water partition coefficient (Wildman–Crippen LogP) is 1.95. The van der Waals surface area contributed by atoms with Crippen molar-refractivity contribution in [3.63, 3.8) is 0 Å². The molecule has 6 heteroatoms. The summed E-state index contributed by atoms with van der Waals surface area (Å²) in [6.45, 7) is 5.77. The van der Waals surface area contributed by atoms with Crippen LogP contribution >= 0.6 is 0 Å². The number of hydrogen-bond donors (Lipinski definition) is 2. The average Bonchev–Trinajstić information content (AvgIpc) is 2.46. The van der Waals surface area contributed by atoms with Crippen LogP contribution in [-0.2, 0) is 9.59 Å². The second kappa shape index (κ2) is 7.68. The van der Waals surface area contributed by atoms with Gasteiger partial charge >= 0.3 is 0 Å². The van der Waals surface area contributed by atoms with Crippen LogP contribution in [0.3, 0.4) is 0 Å². The van der Waals surface area contributed by atoms with Gasteiger partial charge in [-0.1, -0.05) is 13.8 Å². The molecule has 1 aliphatic rings. The van der Waals surface area contributed by atoms with Crippen LogP contribution in [0.1, 0.15) is 26.7 Å². The molecule has 1 aliphatic heterocycles. The Morgan fingerprint density at radius 1 is 1.14 bits per heavy atom. The first-order valence-electron chi connectivity index (χ1n) is 7.51. The summed E-state index contributed by atoms with van der Waals surface area (Å²) in [5, 5.41) is 5.42. The molecule has 0 saturated carbocycles. The van der Waals surface area contributed by atoms with Crippen molar-refractivity contribution in [2.75, 3.05) is 25.1 Å². The number of carbonyl (C=O) groups is 2. The van der Waals surface area contributed by atoms with Crippen molar-refractivity contribution in [1.82, 2.24) is 5.32 Å². The zero-order chi connectivity index (χ0) is 15.9. The summed E-state index contributed by atoms with van der Waals surface area (Å²) in [7, 11) is 0. The molecule has 0 radical (unpaired) electrons. The second-order valence-corrected chi connectivity index (χ2v) is 5.62. The van der Waals surface area contributed by atoms with E-state index in [4.69, 9.17) is 9.47 Å². The number of anilines is 1. The lowest BCUT2D eigenvalue weighted by Gasteiger charge is -2.19. The lowest BCUT2D eigenvalue weighted by atomic mass is 10.1. The van der Waals surface area contributed by atoms with Crippen molar-refractivity contribution in [3.05, 3.63) is 18.2 Å². The number of amides is 2. The molecule has 0 spiro atoms. The second-order valence-electron chi connectivity index (χ2n) is 5.62. The van der Waals surface area contributed by atoms with E-state index in [1.807, 2.05) is 0 Å². The molecule has 0 bridgehead atoms. The fraction of sp³-hybridized carbons (Fsp3) is 0.500. The summed E-state index contributed by atoms with van der Waals surface area (Å²) in [5.41, 5.74) is 0.587. The summed E-state index contributed by atoms with van der Waals surface area (Å²) in [5.74, 6) is 1.17. The zero-order valence-electron chi connectivity index (χ0n) is 13.0. The van der Waals surface area contributed by atoms with Crippen molar-refractivity contribution in [2.45, 2.75) is 26.7 Å². The summed E-state index contributed by atoms with van der Waals surface area (Å²) >= 11 is 0. The molecule has 1 heterocycles. The Labute approximate surface area is 130 Å². The summed E-state index contributed by atoms with van der Waals surface area (Å²) in [6, 6.07) is 5.16. The van der Waals surface area contributed by atoms with Crippen LogP contribution in [0.5, 0.6) is 11.5 Å². The molecular weight excluding hydrogens is 284 g/mol. The Bertz CT molecular complexity index is 543. The lowest BCUT2D eigenvalue weighted by Crippen LogP contribution is -2.29. The zero-order valence-corrected chi connectivity index (χ0v) is 13.0. The van der Waals surface area contributed by atoms with Gasteiger partial charge in [0.2, 0.25) is 11.8 Å². The Morgan fingerprint density at radius 3 is 2.59 bits per heavy atom. The van der Waals surface area contributed by atoms with E-state index in [2.05, 4.69) is 24.5 Å². The molecular formula is C16H22N2O4. The van der Waals surface area contributed by atoms with Gasteiger partial charge in [0, 0.05) is 18.3 Å². The molecule has 6 nitrogen and oxygen atoms in total. The minimum atomic E-state index is -0.348. The maximum Gasteiger partial charge on any atom is 0.233 e. The minimum Gasteiger partial charge on any atom is -0.486 e. The Morgan fingerprint density at radius 2 is 1.86 bits per heavy atom. The molecule has 0 fully saturated rings. The molecule has 0 aliphatic carbocycles. The number of nitrogens with one attached hydrogen (secondary N) is 2. The molecule has 2 N–H and O–H groups in total. The van der Waals surface area contributed by atoms with Gasteiger partial charge in [0.05, 0.1) is 0 Å². The van der Waals surface area contributed by atoms with Crippen LogP contribution in [-0.4, -0.2) is 31.6 Å². The quantitative estimate of drug-likeness (QED) is 0.788. The minimum absolute atomic E-state index is 0.188. The molecule has 2 amide bonds. The van der Waals surface area contributed by atoms with Crippen LogP contribution in [0.15, 0.2) is 18.2 Å². The molecule has 0 saturated heterocycles. The van der Waals surface area contributed by atoms with E-state index in [-0.39, 0.29) is 18.2 Å². The average molecular weight is 306 g/mol. The summed E-state index contributed by atoms with van der Waals surface area (Å²) in [6.07, 6.45) is 0.710. The number of rotatable bonds is 6. The van der Waals surface area contributed by atoms with Gasteiger partial charge in [0.25, 0.3) is 0 Å². The number of carbonyl (C=O) groups excluding carboxylic acids is 2. The molecule has 22 heavy (non-hydrogen) atoms. The van der Waals surface area contributed by atoms with Crippen LogP contribution in [0, 0.1) is 5.92 Å². The van der Waals surface area contributed by atoms with E-state index in [9.17, 15) is 9.59 Å². The Kier molecular flexibility index (Phi) is 5.63. The van der Waals surface area contributed by atoms with E-state index >= 15 is 0 Å². The number of ether oxygens (including phenoxy) is 2. The molecule has 0 aromatic heterocycles. The van der Waals surface area contributed by atoms with E-state index in [1.54, 1.807) is 18.2 Å². The van der Waals surface area contributed by atoms with Gasteiger partial charge in [0.1, 0.15) is 19.6 Å². The molecule has 1 aromatic carbocycles. The van der Waals surface area contributed by atoms with E-state index in [0.29, 0.717) is 42.9 Å². The third-order valence-electron chi connectivity index (χ3n) is 3.19. The van der Waals surface area contributed by atoms with Crippen LogP contribution < -0.4 is 20.1 Å². The van der Waals surface area contributed by atoms with Crippen molar-refractivity contribution < 1.29 is 19.1 Å². The first kappa shape index (κ1) is 16.1. The van der Waals surface area contributed by atoms with Crippen LogP contribution in [0.4, 0.5) is 5.69 Å². The Balaban J connectivity index is 1.80. The van der Waals surface area contributed by atoms with Gasteiger partial charge in [-0.25, -0.2) is 0 Å². The fourth-order valence-corrected chi connectivity index (χ4v) is 2.03. The van der Waals surface area contributed by atoms with Crippen molar-refractivity contribution >= 4 is 17.5 Å². The first-order chi connectivity index (χ1) is 10.5.